The van der Waals surface area contributed by atoms with Crippen LogP contribution in [0.25, 0.3) is 16.7 Å². The number of benzene rings is 2. The Morgan fingerprint density at radius 2 is 1.69 bits per heavy atom. The van der Waals surface area contributed by atoms with Crippen LogP contribution in [0.5, 0.6) is 0 Å². The van der Waals surface area contributed by atoms with E-state index in [0.29, 0.717) is 28.0 Å². The highest BCUT2D eigenvalue weighted by Crippen LogP contribution is 2.16. The fourth-order valence-electron chi connectivity index (χ4n) is 3.70. The number of nitrogens with zero attached hydrogens (tertiary/aromatic N) is 3. The second kappa shape index (κ2) is 8.14. The predicted molar refractivity (Wildman–Crippen MR) is 123 cm³/mol. The summed E-state index contributed by atoms with van der Waals surface area (Å²) in [5, 5.41) is 2.73. The number of ketones is 1. The van der Waals surface area contributed by atoms with Crippen molar-refractivity contribution < 1.29 is 9.59 Å². The zero-order chi connectivity index (χ0) is 23.0. The van der Waals surface area contributed by atoms with Gasteiger partial charge in [-0.2, -0.15) is 0 Å². The van der Waals surface area contributed by atoms with Crippen molar-refractivity contribution >= 4 is 28.4 Å². The third kappa shape index (κ3) is 3.66. The molecule has 1 N–H and O–H groups in total. The number of carbonyl (C=O) groups excluding carboxylic acids is 2. The molecule has 1 amide bonds. The number of aryl methyl sites for hydroxylation is 2. The van der Waals surface area contributed by atoms with Gasteiger partial charge in [-0.15, -0.1) is 0 Å². The largest absolute Gasteiger partial charge is 0.342 e. The average molecular weight is 430 g/mol. The number of Topliss-reactive ketones (excluding diaryl/α,β-unsaturated/α-hetero) is 1. The molecule has 0 atom stereocenters. The molecule has 0 saturated heterocycles. The Hall–Kier alpha value is -4.20. The molecule has 0 fully saturated rings. The summed E-state index contributed by atoms with van der Waals surface area (Å²) in [6.07, 6.45) is 0. The van der Waals surface area contributed by atoms with Gasteiger partial charge in [0.2, 0.25) is 5.91 Å². The van der Waals surface area contributed by atoms with Crippen LogP contribution in [0.4, 0.5) is 5.69 Å². The molecule has 4 aromatic rings. The van der Waals surface area contributed by atoms with Crippen molar-refractivity contribution in [3.63, 3.8) is 0 Å². The molecule has 32 heavy (non-hydrogen) atoms. The highest BCUT2D eigenvalue weighted by molar-refractivity contribution is 5.97. The van der Waals surface area contributed by atoms with E-state index in [4.69, 9.17) is 0 Å². The van der Waals surface area contributed by atoms with Gasteiger partial charge in [0.15, 0.2) is 5.78 Å². The fraction of sp³-hybridized carbons (Fsp3) is 0.167. The summed E-state index contributed by atoms with van der Waals surface area (Å²) in [5.41, 5.74) is 1.80. The van der Waals surface area contributed by atoms with E-state index in [0.717, 1.165) is 10.3 Å². The Kier molecular flexibility index (Phi) is 5.36. The molecular weight excluding hydrogens is 408 g/mol. The molecule has 0 saturated carbocycles. The summed E-state index contributed by atoms with van der Waals surface area (Å²) in [4.78, 5) is 51.0. The predicted octanol–water partition coefficient (Wildman–Crippen LogP) is 2.64. The lowest BCUT2D eigenvalue weighted by Crippen LogP contribution is -2.41. The van der Waals surface area contributed by atoms with E-state index in [1.807, 2.05) is 6.92 Å². The Bertz CT molecular complexity index is 1480. The van der Waals surface area contributed by atoms with Crippen LogP contribution < -0.4 is 16.6 Å². The van der Waals surface area contributed by atoms with E-state index in [-0.39, 0.29) is 12.3 Å². The van der Waals surface area contributed by atoms with E-state index >= 15 is 0 Å². The van der Waals surface area contributed by atoms with Crippen molar-refractivity contribution in [2.24, 2.45) is 7.05 Å². The molecule has 162 valence electrons. The second-order valence-corrected chi connectivity index (χ2v) is 7.61. The normalized spacial score (nSPS) is 11.0. The smallest absolute Gasteiger partial charge is 0.336 e. The zero-order valence-electron chi connectivity index (χ0n) is 18.0. The second-order valence-electron chi connectivity index (χ2n) is 7.61. The number of hydrogen-bond donors (Lipinski definition) is 1. The number of para-hydroxylation sites is 1. The summed E-state index contributed by atoms with van der Waals surface area (Å²) in [5.74, 6) is -0.567. The molecule has 2 aromatic carbocycles. The minimum Gasteiger partial charge on any atom is -0.342 e. The molecular formula is C24H22N4O4. The molecule has 8 heteroatoms. The maximum absolute atomic E-state index is 13.3. The summed E-state index contributed by atoms with van der Waals surface area (Å²) in [6.45, 7) is 2.98. The van der Waals surface area contributed by atoms with E-state index in [2.05, 4.69) is 5.32 Å². The van der Waals surface area contributed by atoms with Gasteiger partial charge < -0.3 is 9.88 Å². The van der Waals surface area contributed by atoms with Crippen LogP contribution in [0.15, 0.2) is 70.3 Å². The van der Waals surface area contributed by atoms with Crippen molar-refractivity contribution in [3.8, 4) is 5.69 Å². The van der Waals surface area contributed by atoms with Crippen molar-refractivity contribution in [1.29, 1.82) is 0 Å². The molecule has 0 spiro atoms. The Balaban J connectivity index is 1.82. The SMILES string of the molecule is CC(=O)c1cccc(NC(=O)Cn2c(=O)n(-c3ccccc3)c(=O)c3c2cc(C)n3C)c1. The first-order chi connectivity index (χ1) is 15.3. The van der Waals surface area contributed by atoms with Crippen LogP contribution in [0.3, 0.4) is 0 Å². The van der Waals surface area contributed by atoms with E-state index in [1.54, 1.807) is 72.3 Å². The molecule has 0 aliphatic rings. The van der Waals surface area contributed by atoms with Crippen LogP contribution in [0, 0.1) is 6.92 Å². The summed E-state index contributed by atoms with van der Waals surface area (Å²) in [7, 11) is 1.75. The van der Waals surface area contributed by atoms with Gasteiger partial charge in [-0.05, 0) is 44.2 Å². The van der Waals surface area contributed by atoms with E-state index in [9.17, 15) is 19.2 Å². The number of fused-ring (bicyclic) bond motifs is 1. The molecule has 4 rings (SSSR count). The zero-order valence-corrected chi connectivity index (χ0v) is 18.0. The minimum atomic E-state index is -0.605. The molecule has 0 aliphatic heterocycles. The van der Waals surface area contributed by atoms with Gasteiger partial charge in [0.25, 0.3) is 5.56 Å². The summed E-state index contributed by atoms with van der Waals surface area (Å²) < 4.78 is 4.08. The third-order valence-electron chi connectivity index (χ3n) is 5.44. The first-order valence-electron chi connectivity index (χ1n) is 10.1. The number of hydrogen-bond acceptors (Lipinski definition) is 4. The van der Waals surface area contributed by atoms with Gasteiger partial charge in [-0.1, -0.05) is 30.3 Å². The standard InChI is InChI=1S/C24H22N4O4/c1-15-12-20-22(26(15)3)23(31)28(19-10-5-4-6-11-19)24(32)27(20)14-21(30)25-18-9-7-8-17(13-18)16(2)29/h4-13H,14H2,1-3H3,(H,25,30). The lowest BCUT2D eigenvalue weighted by atomic mass is 10.1. The van der Waals surface area contributed by atoms with Crippen LogP contribution in [-0.4, -0.2) is 25.4 Å². The molecule has 0 unspecified atom stereocenters. The summed E-state index contributed by atoms with van der Waals surface area (Å²) >= 11 is 0. The maximum Gasteiger partial charge on any atom is 0.336 e. The van der Waals surface area contributed by atoms with Crippen molar-refractivity contribution in [3.05, 3.63) is 92.8 Å². The lowest BCUT2D eigenvalue weighted by molar-refractivity contribution is -0.116. The van der Waals surface area contributed by atoms with Crippen molar-refractivity contribution in [2.75, 3.05) is 5.32 Å². The number of nitrogens with one attached hydrogen (secondary N) is 1. The van der Waals surface area contributed by atoms with Crippen LogP contribution >= 0.6 is 0 Å². The minimum absolute atomic E-state index is 0.117. The monoisotopic (exact) mass is 430 g/mol. The van der Waals surface area contributed by atoms with Crippen molar-refractivity contribution in [1.82, 2.24) is 13.7 Å². The highest BCUT2D eigenvalue weighted by Gasteiger charge is 2.20. The lowest BCUT2D eigenvalue weighted by Gasteiger charge is -2.13. The van der Waals surface area contributed by atoms with Gasteiger partial charge in [0.1, 0.15) is 12.1 Å². The summed E-state index contributed by atoms with van der Waals surface area (Å²) in [6, 6.07) is 16.9. The van der Waals surface area contributed by atoms with Crippen LogP contribution in [0.2, 0.25) is 0 Å². The van der Waals surface area contributed by atoms with Gasteiger partial charge in [-0.25, -0.2) is 9.36 Å². The fourth-order valence-corrected chi connectivity index (χ4v) is 3.70. The van der Waals surface area contributed by atoms with Gasteiger partial charge in [-0.3, -0.25) is 19.0 Å². The van der Waals surface area contributed by atoms with Gasteiger partial charge in [0, 0.05) is 24.0 Å². The Morgan fingerprint density at radius 3 is 2.38 bits per heavy atom. The number of rotatable bonds is 5. The molecule has 2 aromatic heterocycles. The number of anilines is 1. The average Bonchev–Trinajstić information content (AvgIpc) is 3.06. The molecule has 0 aliphatic carbocycles. The maximum atomic E-state index is 13.3. The first kappa shape index (κ1) is 21.0. The van der Waals surface area contributed by atoms with E-state index < -0.39 is 17.2 Å². The first-order valence-corrected chi connectivity index (χ1v) is 10.1. The highest BCUT2D eigenvalue weighted by atomic mass is 16.2. The molecule has 2 heterocycles. The number of aromatic nitrogens is 3. The van der Waals surface area contributed by atoms with Crippen LogP contribution in [0.1, 0.15) is 23.0 Å². The Labute approximate surface area is 183 Å². The topological polar surface area (TPSA) is 95.1 Å². The number of amides is 1. The quantitative estimate of drug-likeness (QED) is 0.493. The Morgan fingerprint density at radius 1 is 0.969 bits per heavy atom. The molecule has 0 radical (unpaired) electrons. The van der Waals surface area contributed by atoms with Gasteiger partial charge >= 0.3 is 5.69 Å². The van der Waals surface area contributed by atoms with Gasteiger partial charge in [0.05, 0.1) is 11.2 Å². The molecule has 0 bridgehead atoms. The van der Waals surface area contributed by atoms with E-state index in [1.165, 1.54) is 11.5 Å². The molecule has 8 nitrogen and oxygen atoms in total. The number of carbonyl (C=O) groups is 2. The third-order valence-corrected chi connectivity index (χ3v) is 5.44. The van der Waals surface area contributed by atoms with Crippen LogP contribution in [-0.2, 0) is 18.4 Å². The van der Waals surface area contributed by atoms with Crippen molar-refractivity contribution in [2.45, 2.75) is 20.4 Å².